The highest BCUT2D eigenvalue weighted by molar-refractivity contribution is 6.07. The summed E-state index contributed by atoms with van der Waals surface area (Å²) < 4.78 is 12.5. The van der Waals surface area contributed by atoms with E-state index in [0.717, 1.165) is 144 Å². The molecule has 0 fully saturated rings. The summed E-state index contributed by atoms with van der Waals surface area (Å²) in [4.78, 5) is 15.1. The lowest BCUT2D eigenvalue weighted by Gasteiger charge is -2.18. The van der Waals surface area contributed by atoms with Gasteiger partial charge in [-0.15, -0.1) is 0 Å². The van der Waals surface area contributed by atoms with Crippen molar-refractivity contribution in [2.45, 2.75) is 0 Å². The summed E-state index contributed by atoms with van der Waals surface area (Å²) in [6, 6.07) is 85.1. The highest BCUT2D eigenvalue weighted by atomic mass is 16.3. The standard InChI is InChI=1S/C69H43N3O2/c1-2-14-44(15-3-1)63-33-28-47(41-70-63)53-16-4-7-19-56(53)50-36-51(57-20-8-5-17-54(57)48-29-34-64(71-42-48)45-26-31-61-59-22-10-12-24-66(59)73-68(61)39-45)38-52(37-50)58-21-9-6-18-55(58)49-30-35-65(72-43-49)46-27-32-62-60-23-11-13-25-67(60)74-69(62)40-46/h1-43H. The fourth-order valence-corrected chi connectivity index (χ4v) is 10.6. The fourth-order valence-electron chi connectivity index (χ4n) is 10.6. The third-order valence-electron chi connectivity index (χ3n) is 14.3. The molecule has 14 aromatic rings. The van der Waals surface area contributed by atoms with Crippen molar-refractivity contribution in [1.82, 2.24) is 15.0 Å². The molecule has 5 heterocycles. The quantitative estimate of drug-likeness (QED) is 0.144. The Morgan fingerprint density at radius 1 is 0.203 bits per heavy atom. The Kier molecular flexibility index (Phi) is 10.4. The van der Waals surface area contributed by atoms with Gasteiger partial charge in [-0.3, -0.25) is 15.0 Å². The molecule has 14 rings (SSSR count). The van der Waals surface area contributed by atoms with Gasteiger partial charge in [0.25, 0.3) is 0 Å². The minimum Gasteiger partial charge on any atom is -0.456 e. The van der Waals surface area contributed by atoms with Crippen LogP contribution >= 0.6 is 0 Å². The number of para-hydroxylation sites is 2. The van der Waals surface area contributed by atoms with Crippen LogP contribution in [-0.4, -0.2) is 15.0 Å². The van der Waals surface area contributed by atoms with Crippen molar-refractivity contribution in [3.63, 3.8) is 0 Å². The van der Waals surface area contributed by atoms with Crippen molar-refractivity contribution in [2.24, 2.45) is 0 Å². The second-order valence-corrected chi connectivity index (χ2v) is 18.7. The van der Waals surface area contributed by atoms with Gasteiger partial charge in [-0.2, -0.15) is 0 Å². The number of aromatic nitrogens is 3. The van der Waals surface area contributed by atoms with E-state index in [1.807, 2.05) is 73.2 Å². The average molecular weight is 946 g/mol. The normalized spacial score (nSPS) is 11.5. The summed E-state index contributed by atoms with van der Waals surface area (Å²) in [6.07, 6.45) is 5.97. The van der Waals surface area contributed by atoms with Gasteiger partial charge in [0.15, 0.2) is 0 Å². The van der Waals surface area contributed by atoms with E-state index in [4.69, 9.17) is 23.8 Å². The molecule has 0 radical (unpaired) electrons. The van der Waals surface area contributed by atoms with Gasteiger partial charge in [0.05, 0.1) is 17.1 Å². The van der Waals surface area contributed by atoms with Crippen LogP contribution < -0.4 is 0 Å². The van der Waals surface area contributed by atoms with E-state index in [0.29, 0.717) is 0 Å². The van der Waals surface area contributed by atoms with Crippen LogP contribution in [0.25, 0.3) is 144 Å². The summed E-state index contributed by atoms with van der Waals surface area (Å²) in [6.45, 7) is 0. The van der Waals surface area contributed by atoms with Crippen molar-refractivity contribution < 1.29 is 8.83 Å². The molecule has 0 aliphatic heterocycles. The molecule has 0 amide bonds. The molecule has 346 valence electrons. The number of benzene rings is 9. The van der Waals surface area contributed by atoms with E-state index in [9.17, 15) is 0 Å². The fraction of sp³-hybridized carbons (Fsp3) is 0. The lowest BCUT2D eigenvalue weighted by molar-refractivity contribution is 0.668. The molecule has 5 nitrogen and oxygen atoms in total. The maximum Gasteiger partial charge on any atom is 0.136 e. The topological polar surface area (TPSA) is 65.0 Å². The average Bonchev–Trinajstić information content (AvgIpc) is 4.05. The van der Waals surface area contributed by atoms with Crippen LogP contribution in [0.2, 0.25) is 0 Å². The van der Waals surface area contributed by atoms with E-state index in [1.165, 1.54) is 0 Å². The number of fused-ring (bicyclic) bond motifs is 6. The third kappa shape index (κ3) is 7.72. The van der Waals surface area contributed by atoms with Gasteiger partial charge < -0.3 is 8.83 Å². The Bertz CT molecular complexity index is 4180. The first kappa shape index (κ1) is 42.9. The SMILES string of the molecule is c1ccc(-c2ccc(-c3ccccc3-c3cc(-c4ccccc4-c4ccc(-c5ccc6c(c5)oc5ccccc56)nc4)cc(-c4ccccc4-c4ccc(-c5ccc6c(c5)oc5ccccc56)nc4)c3)cn2)cc1. The lowest BCUT2D eigenvalue weighted by Crippen LogP contribution is -1.93. The van der Waals surface area contributed by atoms with E-state index in [1.54, 1.807) is 0 Å². The number of furan rings is 2. The monoisotopic (exact) mass is 945 g/mol. The van der Waals surface area contributed by atoms with E-state index < -0.39 is 0 Å². The van der Waals surface area contributed by atoms with Crippen LogP contribution in [0.5, 0.6) is 0 Å². The molecule has 0 bridgehead atoms. The summed E-state index contributed by atoms with van der Waals surface area (Å²) in [5.74, 6) is 0. The van der Waals surface area contributed by atoms with Gasteiger partial charge in [-0.05, 0) is 123 Å². The largest absolute Gasteiger partial charge is 0.456 e. The van der Waals surface area contributed by atoms with Crippen molar-refractivity contribution in [3.05, 3.63) is 261 Å². The smallest absolute Gasteiger partial charge is 0.136 e. The minimum atomic E-state index is 0.852. The van der Waals surface area contributed by atoms with Crippen LogP contribution in [0.4, 0.5) is 0 Å². The predicted octanol–water partition coefficient (Wildman–Crippen LogP) is 18.7. The molecule has 0 atom stereocenters. The highest BCUT2D eigenvalue weighted by Crippen LogP contribution is 2.43. The maximum atomic E-state index is 6.25. The maximum absolute atomic E-state index is 6.25. The number of nitrogens with zero attached hydrogens (tertiary/aromatic N) is 3. The van der Waals surface area contributed by atoms with Gasteiger partial charge in [0, 0.05) is 73.5 Å². The minimum absolute atomic E-state index is 0.852. The molecule has 5 heteroatoms. The highest BCUT2D eigenvalue weighted by Gasteiger charge is 2.18. The molecular formula is C69H43N3O2. The number of rotatable bonds is 9. The van der Waals surface area contributed by atoms with Crippen LogP contribution in [0.3, 0.4) is 0 Å². The van der Waals surface area contributed by atoms with Crippen LogP contribution in [0.1, 0.15) is 0 Å². The van der Waals surface area contributed by atoms with Crippen molar-refractivity contribution >= 4 is 43.9 Å². The van der Waals surface area contributed by atoms with Crippen molar-refractivity contribution in [2.75, 3.05) is 0 Å². The molecule has 0 N–H and O–H groups in total. The first-order valence-corrected chi connectivity index (χ1v) is 24.9. The molecule has 74 heavy (non-hydrogen) atoms. The van der Waals surface area contributed by atoms with Gasteiger partial charge in [-0.25, -0.2) is 0 Å². The molecule has 9 aromatic carbocycles. The van der Waals surface area contributed by atoms with Crippen molar-refractivity contribution in [3.8, 4) is 101 Å². The molecular weight excluding hydrogens is 903 g/mol. The number of pyridine rings is 3. The summed E-state index contributed by atoms with van der Waals surface area (Å²) in [7, 11) is 0. The summed E-state index contributed by atoms with van der Waals surface area (Å²) >= 11 is 0. The third-order valence-corrected chi connectivity index (χ3v) is 14.3. The van der Waals surface area contributed by atoms with Crippen LogP contribution in [-0.2, 0) is 0 Å². The Labute approximate surface area is 427 Å². The molecule has 0 saturated carbocycles. The zero-order valence-corrected chi connectivity index (χ0v) is 40.0. The molecule has 0 aliphatic carbocycles. The molecule has 0 unspecified atom stereocenters. The first-order chi connectivity index (χ1) is 36.6. The van der Waals surface area contributed by atoms with Crippen molar-refractivity contribution in [1.29, 1.82) is 0 Å². The first-order valence-electron chi connectivity index (χ1n) is 24.9. The molecule has 0 aliphatic rings. The zero-order valence-electron chi connectivity index (χ0n) is 40.0. The second kappa shape index (κ2) is 18.0. The van der Waals surface area contributed by atoms with Crippen LogP contribution in [0, 0.1) is 0 Å². The molecule has 0 saturated heterocycles. The van der Waals surface area contributed by atoms with E-state index in [2.05, 4.69) is 188 Å². The van der Waals surface area contributed by atoms with Gasteiger partial charge in [0.1, 0.15) is 22.3 Å². The Balaban J connectivity index is 0.870. The lowest BCUT2D eigenvalue weighted by atomic mass is 9.86. The van der Waals surface area contributed by atoms with E-state index in [-0.39, 0.29) is 0 Å². The number of hydrogen-bond acceptors (Lipinski definition) is 5. The van der Waals surface area contributed by atoms with E-state index >= 15 is 0 Å². The van der Waals surface area contributed by atoms with Gasteiger partial charge >= 0.3 is 0 Å². The number of hydrogen-bond donors (Lipinski definition) is 0. The van der Waals surface area contributed by atoms with Gasteiger partial charge in [-0.1, -0.05) is 170 Å². The van der Waals surface area contributed by atoms with Crippen LogP contribution in [0.15, 0.2) is 270 Å². The summed E-state index contributed by atoms with van der Waals surface area (Å²) in [5.41, 5.74) is 22.2. The molecule has 5 aromatic heterocycles. The Morgan fingerprint density at radius 2 is 0.514 bits per heavy atom. The predicted molar refractivity (Wildman–Crippen MR) is 303 cm³/mol. The Hall–Kier alpha value is -9.97. The zero-order chi connectivity index (χ0) is 49.0. The second-order valence-electron chi connectivity index (χ2n) is 18.7. The summed E-state index contributed by atoms with van der Waals surface area (Å²) in [5, 5.41) is 4.43. The molecule has 0 spiro atoms. The van der Waals surface area contributed by atoms with Gasteiger partial charge in [0.2, 0.25) is 0 Å². The Morgan fingerprint density at radius 3 is 0.892 bits per heavy atom.